The minimum atomic E-state index is 0.738. The summed E-state index contributed by atoms with van der Waals surface area (Å²) in [4.78, 5) is 0. The molecule has 0 spiro atoms. The summed E-state index contributed by atoms with van der Waals surface area (Å²) in [5.41, 5.74) is 1.42. The number of hydrogen-bond donors (Lipinski definition) is 1. The Morgan fingerprint density at radius 3 is 2.35 bits per heavy atom. The van der Waals surface area contributed by atoms with E-state index in [9.17, 15) is 0 Å². The van der Waals surface area contributed by atoms with Crippen molar-refractivity contribution < 1.29 is 4.74 Å². The fourth-order valence-electron chi connectivity index (χ4n) is 2.53. The van der Waals surface area contributed by atoms with Gasteiger partial charge in [-0.25, -0.2) is 0 Å². The number of benzene rings is 1. The monoisotopic (exact) mass is 277 g/mol. The van der Waals surface area contributed by atoms with Gasteiger partial charge < -0.3 is 10.1 Å². The molecular weight excluding hydrogens is 246 g/mol. The Kier molecular flexibility index (Phi) is 8.36. The number of ether oxygens (including phenoxy) is 1. The van der Waals surface area contributed by atoms with Crippen LogP contribution < -0.4 is 10.1 Å². The molecule has 0 saturated heterocycles. The molecule has 1 aromatic carbocycles. The lowest BCUT2D eigenvalue weighted by Crippen LogP contribution is -2.24. The maximum atomic E-state index is 5.22. The van der Waals surface area contributed by atoms with Gasteiger partial charge in [0.15, 0.2) is 0 Å². The van der Waals surface area contributed by atoms with Crippen molar-refractivity contribution in [3.05, 3.63) is 29.8 Å². The van der Waals surface area contributed by atoms with Crippen molar-refractivity contribution in [3.8, 4) is 5.75 Å². The van der Waals surface area contributed by atoms with E-state index < -0.39 is 0 Å². The molecule has 1 aromatic rings. The van der Waals surface area contributed by atoms with Crippen LogP contribution in [0.15, 0.2) is 24.3 Å². The highest BCUT2D eigenvalue weighted by molar-refractivity contribution is 5.27. The van der Waals surface area contributed by atoms with Crippen LogP contribution in [0.25, 0.3) is 0 Å². The predicted molar refractivity (Wildman–Crippen MR) is 87.4 cm³/mol. The first-order chi connectivity index (χ1) is 9.65. The minimum absolute atomic E-state index is 0.738. The van der Waals surface area contributed by atoms with E-state index in [0.29, 0.717) is 0 Å². The van der Waals surface area contributed by atoms with Crippen LogP contribution in [0, 0.1) is 11.8 Å². The predicted octanol–water partition coefficient (Wildman–Crippen LogP) is 4.29. The van der Waals surface area contributed by atoms with Gasteiger partial charge in [-0.05, 0) is 55.5 Å². The SMILES string of the molecule is CCNCC(CCCC(C)C)Cc1ccc(OC)cc1. The smallest absolute Gasteiger partial charge is 0.118 e. The molecule has 0 bridgehead atoms. The first-order valence-corrected chi connectivity index (χ1v) is 7.99. The van der Waals surface area contributed by atoms with Gasteiger partial charge in [-0.2, -0.15) is 0 Å². The van der Waals surface area contributed by atoms with Crippen LogP contribution in [0.3, 0.4) is 0 Å². The van der Waals surface area contributed by atoms with E-state index in [4.69, 9.17) is 4.74 Å². The zero-order valence-electron chi connectivity index (χ0n) is 13.6. The number of rotatable bonds is 10. The summed E-state index contributed by atoms with van der Waals surface area (Å²) in [7, 11) is 1.72. The van der Waals surface area contributed by atoms with Gasteiger partial charge in [-0.3, -0.25) is 0 Å². The highest BCUT2D eigenvalue weighted by atomic mass is 16.5. The van der Waals surface area contributed by atoms with E-state index in [1.807, 2.05) is 0 Å². The molecule has 20 heavy (non-hydrogen) atoms. The molecule has 0 fully saturated rings. The molecule has 1 N–H and O–H groups in total. The van der Waals surface area contributed by atoms with E-state index in [2.05, 4.69) is 50.4 Å². The fourth-order valence-corrected chi connectivity index (χ4v) is 2.53. The molecule has 0 aliphatic carbocycles. The largest absolute Gasteiger partial charge is 0.497 e. The molecule has 2 nitrogen and oxygen atoms in total. The first-order valence-electron chi connectivity index (χ1n) is 7.99. The molecule has 1 rings (SSSR count). The van der Waals surface area contributed by atoms with Gasteiger partial charge in [0.25, 0.3) is 0 Å². The second-order valence-electron chi connectivity index (χ2n) is 6.05. The first kappa shape index (κ1) is 17.0. The summed E-state index contributed by atoms with van der Waals surface area (Å²) >= 11 is 0. The van der Waals surface area contributed by atoms with Crippen molar-refractivity contribution in [2.24, 2.45) is 11.8 Å². The highest BCUT2D eigenvalue weighted by Gasteiger charge is 2.10. The van der Waals surface area contributed by atoms with Crippen molar-refractivity contribution in [1.29, 1.82) is 0 Å². The maximum Gasteiger partial charge on any atom is 0.118 e. The van der Waals surface area contributed by atoms with Gasteiger partial charge >= 0.3 is 0 Å². The van der Waals surface area contributed by atoms with Crippen molar-refractivity contribution in [1.82, 2.24) is 5.32 Å². The third-order valence-electron chi connectivity index (χ3n) is 3.76. The summed E-state index contributed by atoms with van der Waals surface area (Å²) in [5, 5.41) is 3.50. The summed E-state index contributed by atoms with van der Waals surface area (Å²) in [6.45, 7) is 8.98. The third-order valence-corrected chi connectivity index (χ3v) is 3.76. The summed E-state index contributed by atoms with van der Waals surface area (Å²) < 4.78 is 5.22. The Bertz CT molecular complexity index is 345. The van der Waals surface area contributed by atoms with Crippen LogP contribution in [-0.4, -0.2) is 20.2 Å². The van der Waals surface area contributed by atoms with Crippen molar-refractivity contribution in [2.45, 2.75) is 46.5 Å². The van der Waals surface area contributed by atoms with Gasteiger partial charge in [0, 0.05) is 0 Å². The second kappa shape index (κ2) is 9.82. The molecule has 1 unspecified atom stereocenters. The van der Waals surface area contributed by atoms with Crippen LogP contribution >= 0.6 is 0 Å². The Hall–Kier alpha value is -1.02. The zero-order valence-corrected chi connectivity index (χ0v) is 13.6. The fraction of sp³-hybridized carbons (Fsp3) is 0.667. The van der Waals surface area contributed by atoms with Crippen LogP contribution in [0.5, 0.6) is 5.75 Å². The van der Waals surface area contributed by atoms with Crippen LogP contribution in [0.2, 0.25) is 0 Å². The average molecular weight is 277 g/mol. The lowest BCUT2D eigenvalue weighted by Gasteiger charge is -2.18. The van der Waals surface area contributed by atoms with E-state index in [0.717, 1.165) is 37.1 Å². The lowest BCUT2D eigenvalue weighted by atomic mass is 9.92. The summed E-state index contributed by atoms with van der Waals surface area (Å²) in [6, 6.07) is 8.52. The highest BCUT2D eigenvalue weighted by Crippen LogP contribution is 2.19. The number of methoxy groups -OCH3 is 1. The molecule has 0 aromatic heterocycles. The zero-order chi connectivity index (χ0) is 14.8. The molecule has 0 aliphatic heterocycles. The Morgan fingerprint density at radius 2 is 1.80 bits per heavy atom. The Balaban J connectivity index is 2.48. The van der Waals surface area contributed by atoms with Crippen LogP contribution in [0.4, 0.5) is 0 Å². The Labute approximate surface area is 124 Å². The second-order valence-corrected chi connectivity index (χ2v) is 6.05. The van der Waals surface area contributed by atoms with Crippen molar-refractivity contribution >= 4 is 0 Å². The maximum absolute atomic E-state index is 5.22. The van der Waals surface area contributed by atoms with E-state index >= 15 is 0 Å². The number of hydrogen-bond acceptors (Lipinski definition) is 2. The van der Waals surface area contributed by atoms with Crippen molar-refractivity contribution in [2.75, 3.05) is 20.2 Å². The van der Waals surface area contributed by atoms with Gasteiger partial charge in [-0.15, -0.1) is 0 Å². The van der Waals surface area contributed by atoms with E-state index in [1.165, 1.54) is 24.8 Å². The normalized spacial score (nSPS) is 12.7. The van der Waals surface area contributed by atoms with Crippen LogP contribution in [-0.2, 0) is 6.42 Å². The minimum Gasteiger partial charge on any atom is -0.497 e. The molecule has 0 saturated carbocycles. The molecule has 0 aliphatic rings. The Morgan fingerprint density at radius 1 is 1.10 bits per heavy atom. The topological polar surface area (TPSA) is 21.3 Å². The average Bonchev–Trinajstić information content (AvgIpc) is 2.45. The lowest BCUT2D eigenvalue weighted by molar-refractivity contribution is 0.407. The molecule has 0 heterocycles. The molecule has 2 heteroatoms. The van der Waals surface area contributed by atoms with Crippen LogP contribution in [0.1, 0.15) is 45.6 Å². The van der Waals surface area contributed by atoms with Gasteiger partial charge in [0.2, 0.25) is 0 Å². The summed E-state index contributed by atoms with van der Waals surface area (Å²) in [6.07, 6.45) is 5.15. The van der Waals surface area contributed by atoms with E-state index in [-0.39, 0.29) is 0 Å². The third kappa shape index (κ3) is 6.95. The molecule has 1 atom stereocenters. The standard InChI is InChI=1S/C18H31NO/c1-5-19-14-17(8-6-7-15(2)3)13-16-9-11-18(20-4)12-10-16/h9-12,15,17,19H,5-8,13-14H2,1-4H3. The summed E-state index contributed by atoms with van der Waals surface area (Å²) in [5.74, 6) is 2.50. The molecule has 0 amide bonds. The number of nitrogens with one attached hydrogen (secondary N) is 1. The quantitative estimate of drug-likeness (QED) is 0.689. The van der Waals surface area contributed by atoms with Gasteiger partial charge in [-0.1, -0.05) is 45.7 Å². The van der Waals surface area contributed by atoms with Gasteiger partial charge in [0.05, 0.1) is 7.11 Å². The molecular formula is C18H31NO. The van der Waals surface area contributed by atoms with Crippen molar-refractivity contribution in [3.63, 3.8) is 0 Å². The van der Waals surface area contributed by atoms with Gasteiger partial charge in [0.1, 0.15) is 5.75 Å². The molecule has 114 valence electrons. The van der Waals surface area contributed by atoms with E-state index in [1.54, 1.807) is 7.11 Å². The molecule has 0 radical (unpaired) electrons.